The number of rotatable bonds is 6. The highest BCUT2D eigenvalue weighted by molar-refractivity contribution is 6.00. The van der Waals surface area contributed by atoms with Crippen molar-refractivity contribution in [1.29, 1.82) is 0 Å². The van der Waals surface area contributed by atoms with E-state index in [1.54, 1.807) is 6.21 Å². The summed E-state index contributed by atoms with van der Waals surface area (Å²) in [4.78, 5) is 15.6. The molecule has 0 bridgehead atoms. The van der Waals surface area contributed by atoms with E-state index in [1.165, 1.54) is 5.56 Å². The summed E-state index contributed by atoms with van der Waals surface area (Å²) in [5.74, 6) is -0.144. The van der Waals surface area contributed by atoms with Crippen LogP contribution in [0.25, 0.3) is 21.8 Å². The number of nitrogens with zero attached hydrogens (tertiary/aromatic N) is 2. The predicted molar refractivity (Wildman–Crippen MR) is 125 cm³/mol. The van der Waals surface area contributed by atoms with Gasteiger partial charge in [0.15, 0.2) is 0 Å². The first-order chi connectivity index (χ1) is 15.3. The number of para-hydroxylation sites is 2. The molecule has 0 saturated carbocycles. The molecule has 0 unspecified atom stereocenters. The highest BCUT2D eigenvalue weighted by atomic mass is 16.2. The number of amides is 1. The molecule has 152 valence electrons. The second-order valence-electron chi connectivity index (χ2n) is 7.54. The third-order valence-corrected chi connectivity index (χ3v) is 5.43. The summed E-state index contributed by atoms with van der Waals surface area (Å²) in [5.41, 5.74) is 8.00. The monoisotopic (exact) mass is 406 g/mol. The van der Waals surface area contributed by atoms with Crippen LogP contribution >= 0.6 is 0 Å². The summed E-state index contributed by atoms with van der Waals surface area (Å²) in [5, 5.41) is 6.39. The van der Waals surface area contributed by atoms with Gasteiger partial charge in [0, 0.05) is 46.3 Å². The van der Waals surface area contributed by atoms with Crippen LogP contribution in [0.3, 0.4) is 0 Å². The molecule has 1 amide bonds. The summed E-state index contributed by atoms with van der Waals surface area (Å²) < 4.78 is 2.21. The Bertz CT molecular complexity index is 1380. The maximum absolute atomic E-state index is 12.4. The molecular weight excluding hydrogens is 384 g/mol. The van der Waals surface area contributed by atoms with E-state index in [4.69, 9.17) is 0 Å². The molecule has 31 heavy (non-hydrogen) atoms. The lowest BCUT2D eigenvalue weighted by molar-refractivity contribution is -0.120. The molecule has 2 aromatic heterocycles. The predicted octanol–water partition coefficient (Wildman–Crippen LogP) is 4.86. The second-order valence-corrected chi connectivity index (χ2v) is 7.54. The van der Waals surface area contributed by atoms with Crippen molar-refractivity contribution in [1.82, 2.24) is 15.0 Å². The molecule has 0 aliphatic rings. The molecule has 5 rings (SSSR count). The van der Waals surface area contributed by atoms with E-state index in [2.05, 4.69) is 50.5 Å². The van der Waals surface area contributed by atoms with Crippen molar-refractivity contribution < 1.29 is 4.79 Å². The molecule has 0 atom stereocenters. The summed E-state index contributed by atoms with van der Waals surface area (Å²) in [6.45, 7) is 0.780. The molecule has 0 aliphatic heterocycles. The van der Waals surface area contributed by atoms with Gasteiger partial charge in [0.05, 0.1) is 12.6 Å². The molecular formula is C26H22N4O. The Morgan fingerprint density at radius 2 is 1.68 bits per heavy atom. The van der Waals surface area contributed by atoms with Crippen LogP contribution in [0, 0.1) is 0 Å². The van der Waals surface area contributed by atoms with Crippen LogP contribution < -0.4 is 5.43 Å². The van der Waals surface area contributed by atoms with Gasteiger partial charge in [0.2, 0.25) is 5.91 Å². The standard InChI is InChI=1S/C26H22N4O/c31-26(14-20-15-27-24-12-6-4-10-22(20)24)29-28-16-21-18-30(17-19-8-2-1-3-9-19)25-13-7-5-11-23(21)25/h1-13,15-16,18,27H,14,17H2,(H,29,31)/b28-16-. The highest BCUT2D eigenvalue weighted by Crippen LogP contribution is 2.21. The molecule has 0 spiro atoms. The van der Waals surface area contributed by atoms with Crippen LogP contribution in [0.2, 0.25) is 0 Å². The Morgan fingerprint density at radius 1 is 0.935 bits per heavy atom. The smallest absolute Gasteiger partial charge is 0.244 e. The third-order valence-electron chi connectivity index (χ3n) is 5.43. The molecule has 5 nitrogen and oxygen atoms in total. The molecule has 5 heteroatoms. The van der Waals surface area contributed by atoms with Crippen molar-refractivity contribution in [2.24, 2.45) is 5.10 Å². The maximum Gasteiger partial charge on any atom is 0.244 e. The van der Waals surface area contributed by atoms with Gasteiger partial charge in [0.25, 0.3) is 0 Å². The van der Waals surface area contributed by atoms with Crippen molar-refractivity contribution in [3.8, 4) is 0 Å². The van der Waals surface area contributed by atoms with Crippen molar-refractivity contribution in [3.05, 3.63) is 108 Å². The third kappa shape index (κ3) is 3.98. The lowest BCUT2D eigenvalue weighted by atomic mass is 10.1. The van der Waals surface area contributed by atoms with E-state index in [0.717, 1.165) is 39.5 Å². The number of H-pyrrole nitrogens is 1. The van der Waals surface area contributed by atoms with Gasteiger partial charge in [-0.2, -0.15) is 5.10 Å². The van der Waals surface area contributed by atoms with Crippen LogP contribution in [-0.4, -0.2) is 21.7 Å². The SMILES string of the molecule is O=C(Cc1c[nH]c2ccccc12)N/N=C\c1cn(Cc2ccccc2)c2ccccc12. The number of aromatic amines is 1. The summed E-state index contributed by atoms with van der Waals surface area (Å²) in [6.07, 6.45) is 5.95. The van der Waals surface area contributed by atoms with Crippen LogP contribution in [0.1, 0.15) is 16.7 Å². The maximum atomic E-state index is 12.4. The first-order valence-corrected chi connectivity index (χ1v) is 10.3. The van der Waals surface area contributed by atoms with Gasteiger partial charge < -0.3 is 9.55 Å². The van der Waals surface area contributed by atoms with Crippen LogP contribution in [-0.2, 0) is 17.8 Å². The van der Waals surface area contributed by atoms with Gasteiger partial charge in [-0.25, -0.2) is 5.43 Å². The van der Waals surface area contributed by atoms with E-state index in [9.17, 15) is 4.79 Å². The van der Waals surface area contributed by atoms with E-state index in [0.29, 0.717) is 0 Å². The number of benzene rings is 3. The lowest BCUT2D eigenvalue weighted by Gasteiger charge is -2.05. The number of aromatic nitrogens is 2. The van der Waals surface area contributed by atoms with Crippen LogP contribution in [0.4, 0.5) is 0 Å². The van der Waals surface area contributed by atoms with Gasteiger partial charge in [-0.1, -0.05) is 66.7 Å². The van der Waals surface area contributed by atoms with Gasteiger partial charge in [-0.15, -0.1) is 0 Å². The molecule has 5 aromatic rings. The quantitative estimate of drug-likeness (QED) is 0.307. The fourth-order valence-corrected chi connectivity index (χ4v) is 3.95. The number of hydrogen-bond acceptors (Lipinski definition) is 2. The Labute approximate surface area is 180 Å². The minimum atomic E-state index is -0.144. The van der Waals surface area contributed by atoms with Crippen molar-refractivity contribution >= 4 is 33.9 Å². The number of nitrogens with one attached hydrogen (secondary N) is 2. The fourth-order valence-electron chi connectivity index (χ4n) is 3.95. The number of carbonyl (C=O) groups excluding carboxylic acids is 1. The average molecular weight is 406 g/mol. The van der Waals surface area contributed by atoms with Crippen molar-refractivity contribution in [3.63, 3.8) is 0 Å². The average Bonchev–Trinajstić information content (AvgIpc) is 3.36. The fraction of sp³-hybridized carbons (Fsp3) is 0.0769. The van der Waals surface area contributed by atoms with E-state index in [1.807, 2.05) is 60.8 Å². The highest BCUT2D eigenvalue weighted by Gasteiger charge is 2.09. The van der Waals surface area contributed by atoms with Crippen molar-refractivity contribution in [2.45, 2.75) is 13.0 Å². The van der Waals surface area contributed by atoms with E-state index < -0.39 is 0 Å². The minimum absolute atomic E-state index is 0.144. The molecule has 0 aliphatic carbocycles. The topological polar surface area (TPSA) is 62.2 Å². The Hall–Kier alpha value is -4.12. The number of carbonyl (C=O) groups is 1. The van der Waals surface area contributed by atoms with E-state index in [-0.39, 0.29) is 12.3 Å². The summed E-state index contributed by atoms with van der Waals surface area (Å²) >= 11 is 0. The van der Waals surface area contributed by atoms with Crippen LogP contribution in [0.15, 0.2) is 96.4 Å². The first kappa shape index (κ1) is 18.9. The molecule has 0 radical (unpaired) electrons. The molecule has 0 fully saturated rings. The number of fused-ring (bicyclic) bond motifs is 2. The molecule has 3 aromatic carbocycles. The Balaban J connectivity index is 1.32. The molecule has 0 saturated heterocycles. The zero-order valence-corrected chi connectivity index (χ0v) is 17.0. The zero-order valence-electron chi connectivity index (χ0n) is 17.0. The zero-order chi connectivity index (χ0) is 21.0. The minimum Gasteiger partial charge on any atom is -0.361 e. The Morgan fingerprint density at radius 3 is 2.55 bits per heavy atom. The van der Waals surface area contributed by atoms with Gasteiger partial charge in [-0.05, 0) is 23.3 Å². The first-order valence-electron chi connectivity index (χ1n) is 10.3. The number of hydrogen-bond donors (Lipinski definition) is 2. The number of hydrazone groups is 1. The van der Waals surface area contributed by atoms with Gasteiger partial charge >= 0.3 is 0 Å². The van der Waals surface area contributed by atoms with Crippen molar-refractivity contribution in [2.75, 3.05) is 0 Å². The summed E-state index contributed by atoms with van der Waals surface area (Å²) in [7, 11) is 0. The van der Waals surface area contributed by atoms with Gasteiger partial charge in [-0.3, -0.25) is 4.79 Å². The van der Waals surface area contributed by atoms with Crippen LogP contribution in [0.5, 0.6) is 0 Å². The molecule has 2 N–H and O–H groups in total. The second kappa shape index (κ2) is 8.32. The largest absolute Gasteiger partial charge is 0.361 e. The Kier molecular flexibility index (Phi) is 5.07. The lowest BCUT2D eigenvalue weighted by Crippen LogP contribution is -2.19. The van der Waals surface area contributed by atoms with E-state index >= 15 is 0 Å². The van der Waals surface area contributed by atoms with Gasteiger partial charge in [0.1, 0.15) is 0 Å². The molecule has 2 heterocycles. The summed E-state index contributed by atoms with van der Waals surface area (Å²) in [6, 6.07) is 26.5. The normalized spacial score (nSPS) is 11.5.